The molecule has 14 heavy (non-hydrogen) atoms. The van der Waals surface area contributed by atoms with Crippen LogP contribution in [0.3, 0.4) is 0 Å². The van der Waals surface area contributed by atoms with E-state index in [0.717, 1.165) is 5.39 Å². The van der Waals surface area contributed by atoms with Gasteiger partial charge in [-0.05, 0) is 26.8 Å². The third-order valence-electron chi connectivity index (χ3n) is 1.64. The number of pyridine rings is 1. The van der Waals surface area contributed by atoms with Crippen molar-refractivity contribution in [1.29, 1.82) is 0 Å². The van der Waals surface area contributed by atoms with Crippen LogP contribution in [0.25, 0.3) is 11.0 Å². The minimum Gasteiger partial charge on any atom is -0.469 e. The second-order valence-corrected chi connectivity index (χ2v) is 4.07. The van der Waals surface area contributed by atoms with Gasteiger partial charge in [-0.1, -0.05) is 5.16 Å². The van der Waals surface area contributed by atoms with E-state index >= 15 is 0 Å². The molecule has 74 valence electrons. The molecule has 0 aliphatic rings. The maximum Gasteiger partial charge on any atom is 0.261 e. The number of nitrogens with zero attached hydrogens (tertiary/aromatic N) is 2. The molecule has 2 aromatic heterocycles. The van der Waals surface area contributed by atoms with Crippen molar-refractivity contribution in [3.8, 4) is 5.88 Å². The zero-order chi connectivity index (χ0) is 10.2. The highest BCUT2D eigenvalue weighted by atomic mass is 16.5. The summed E-state index contributed by atoms with van der Waals surface area (Å²) in [5, 5.41) is 4.60. The molecule has 0 unspecified atom stereocenters. The predicted molar refractivity (Wildman–Crippen MR) is 52.2 cm³/mol. The minimum atomic E-state index is -0.284. The molecular formula is C10H12N2O2. The number of hydrogen-bond donors (Lipinski definition) is 0. The topological polar surface area (TPSA) is 48.2 Å². The van der Waals surface area contributed by atoms with Crippen LogP contribution in [0.2, 0.25) is 0 Å². The van der Waals surface area contributed by atoms with E-state index in [0.29, 0.717) is 11.5 Å². The number of rotatable bonds is 1. The molecule has 0 N–H and O–H groups in total. The molecule has 0 saturated heterocycles. The molecule has 4 heteroatoms. The van der Waals surface area contributed by atoms with Crippen LogP contribution in [0, 0.1) is 0 Å². The molecule has 0 amide bonds. The third kappa shape index (κ3) is 1.69. The average Bonchev–Trinajstić information content (AvgIpc) is 2.49. The Morgan fingerprint density at radius 2 is 2.14 bits per heavy atom. The molecule has 4 nitrogen and oxygen atoms in total. The summed E-state index contributed by atoms with van der Waals surface area (Å²) < 4.78 is 10.7. The number of ether oxygens (including phenoxy) is 1. The number of hydrogen-bond acceptors (Lipinski definition) is 4. The van der Waals surface area contributed by atoms with Crippen molar-refractivity contribution in [2.75, 3.05) is 0 Å². The summed E-state index contributed by atoms with van der Waals surface area (Å²) in [5.41, 5.74) is 0.316. The fourth-order valence-electron chi connectivity index (χ4n) is 1.14. The van der Waals surface area contributed by atoms with Gasteiger partial charge in [0.05, 0.1) is 6.20 Å². The van der Waals surface area contributed by atoms with Crippen LogP contribution in [-0.4, -0.2) is 15.7 Å². The van der Waals surface area contributed by atoms with Crippen molar-refractivity contribution in [2.24, 2.45) is 0 Å². The highest BCUT2D eigenvalue weighted by Crippen LogP contribution is 2.25. The SMILES string of the molecule is CC(C)(C)Oc1nccc2cnoc12. The lowest BCUT2D eigenvalue weighted by atomic mass is 10.2. The first-order valence-corrected chi connectivity index (χ1v) is 4.45. The largest absolute Gasteiger partial charge is 0.469 e. The zero-order valence-electron chi connectivity index (χ0n) is 8.44. The van der Waals surface area contributed by atoms with Crippen molar-refractivity contribution >= 4 is 11.0 Å². The summed E-state index contributed by atoms with van der Waals surface area (Å²) in [6.45, 7) is 5.89. The molecule has 0 spiro atoms. The molecule has 2 aromatic rings. The van der Waals surface area contributed by atoms with E-state index < -0.39 is 0 Å². The van der Waals surface area contributed by atoms with Gasteiger partial charge in [-0.15, -0.1) is 0 Å². The highest BCUT2D eigenvalue weighted by Gasteiger charge is 2.16. The molecule has 0 saturated carbocycles. The van der Waals surface area contributed by atoms with Gasteiger partial charge in [0.1, 0.15) is 5.60 Å². The Bertz CT molecular complexity index is 443. The maximum absolute atomic E-state index is 5.63. The van der Waals surface area contributed by atoms with E-state index in [1.54, 1.807) is 12.4 Å². The Balaban J connectivity index is 2.46. The molecule has 0 aliphatic carbocycles. The Hall–Kier alpha value is -1.58. The molecule has 2 heterocycles. The van der Waals surface area contributed by atoms with Gasteiger partial charge in [0, 0.05) is 11.6 Å². The first-order chi connectivity index (χ1) is 6.56. The highest BCUT2D eigenvalue weighted by molar-refractivity contribution is 5.79. The number of fused-ring (bicyclic) bond motifs is 1. The van der Waals surface area contributed by atoms with Crippen LogP contribution in [0.1, 0.15) is 20.8 Å². The predicted octanol–water partition coefficient (Wildman–Crippen LogP) is 2.40. The van der Waals surface area contributed by atoms with E-state index in [-0.39, 0.29) is 5.60 Å². The lowest BCUT2D eigenvalue weighted by molar-refractivity contribution is 0.124. The van der Waals surface area contributed by atoms with Gasteiger partial charge in [-0.3, -0.25) is 0 Å². The summed E-state index contributed by atoms with van der Waals surface area (Å²) in [4.78, 5) is 4.11. The maximum atomic E-state index is 5.63. The fourth-order valence-corrected chi connectivity index (χ4v) is 1.14. The fraction of sp³-hybridized carbons (Fsp3) is 0.400. The summed E-state index contributed by atoms with van der Waals surface area (Å²) in [6, 6.07) is 1.83. The lowest BCUT2D eigenvalue weighted by Gasteiger charge is -2.19. The zero-order valence-corrected chi connectivity index (χ0v) is 8.44. The van der Waals surface area contributed by atoms with Gasteiger partial charge >= 0.3 is 0 Å². The van der Waals surface area contributed by atoms with Crippen LogP contribution < -0.4 is 4.74 Å². The minimum absolute atomic E-state index is 0.284. The summed E-state index contributed by atoms with van der Waals surface area (Å²) in [6.07, 6.45) is 3.33. The Morgan fingerprint density at radius 1 is 1.36 bits per heavy atom. The van der Waals surface area contributed by atoms with Gasteiger partial charge in [0.15, 0.2) is 0 Å². The molecule has 0 bridgehead atoms. The van der Waals surface area contributed by atoms with Crippen LogP contribution in [0.15, 0.2) is 23.0 Å². The molecule has 0 radical (unpaired) electrons. The normalized spacial score (nSPS) is 11.9. The Morgan fingerprint density at radius 3 is 2.86 bits per heavy atom. The monoisotopic (exact) mass is 192 g/mol. The first-order valence-electron chi connectivity index (χ1n) is 4.45. The second-order valence-electron chi connectivity index (χ2n) is 4.07. The van der Waals surface area contributed by atoms with Crippen LogP contribution in [-0.2, 0) is 0 Å². The molecule has 0 aliphatic heterocycles. The Kier molecular flexibility index (Phi) is 1.91. The Labute approximate surface area is 81.9 Å². The van der Waals surface area contributed by atoms with Crippen LogP contribution in [0.4, 0.5) is 0 Å². The van der Waals surface area contributed by atoms with Crippen LogP contribution in [0.5, 0.6) is 5.88 Å². The van der Waals surface area contributed by atoms with Gasteiger partial charge < -0.3 is 9.26 Å². The number of aromatic nitrogens is 2. The first kappa shape index (κ1) is 8.99. The quantitative estimate of drug-likeness (QED) is 0.696. The van der Waals surface area contributed by atoms with Gasteiger partial charge in [0.25, 0.3) is 5.88 Å². The van der Waals surface area contributed by atoms with E-state index in [1.165, 1.54) is 0 Å². The summed E-state index contributed by atoms with van der Waals surface area (Å²) >= 11 is 0. The third-order valence-corrected chi connectivity index (χ3v) is 1.64. The summed E-state index contributed by atoms with van der Waals surface area (Å²) in [7, 11) is 0. The standard InChI is InChI=1S/C10H12N2O2/c1-10(2,3)13-9-8-7(4-5-11-9)6-12-14-8/h4-6H,1-3H3. The van der Waals surface area contributed by atoms with Gasteiger partial charge in [-0.25, -0.2) is 4.98 Å². The molecule has 0 fully saturated rings. The van der Waals surface area contributed by atoms with Crippen molar-refractivity contribution in [2.45, 2.75) is 26.4 Å². The van der Waals surface area contributed by atoms with Crippen molar-refractivity contribution in [1.82, 2.24) is 10.1 Å². The molecular weight excluding hydrogens is 180 g/mol. The van der Waals surface area contributed by atoms with Crippen molar-refractivity contribution < 1.29 is 9.26 Å². The smallest absolute Gasteiger partial charge is 0.261 e. The molecule has 0 atom stereocenters. The average molecular weight is 192 g/mol. The molecule has 2 rings (SSSR count). The second kappa shape index (κ2) is 2.97. The van der Waals surface area contributed by atoms with E-state index in [9.17, 15) is 0 Å². The van der Waals surface area contributed by atoms with Crippen molar-refractivity contribution in [3.05, 3.63) is 18.5 Å². The van der Waals surface area contributed by atoms with Crippen molar-refractivity contribution in [3.63, 3.8) is 0 Å². The summed E-state index contributed by atoms with van der Waals surface area (Å²) in [5.74, 6) is 0.493. The van der Waals surface area contributed by atoms with E-state index in [2.05, 4.69) is 10.1 Å². The van der Waals surface area contributed by atoms with Crippen LogP contribution >= 0.6 is 0 Å². The van der Waals surface area contributed by atoms with E-state index in [4.69, 9.17) is 9.26 Å². The van der Waals surface area contributed by atoms with E-state index in [1.807, 2.05) is 26.8 Å². The van der Waals surface area contributed by atoms with Gasteiger partial charge in [-0.2, -0.15) is 0 Å². The lowest BCUT2D eigenvalue weighted by Crippen LogP contribution is -2.23. The molecule has 0 aromatic carbocycles. The van der Waals surface area contributed by atoms with Gasteiger partial charge in [0.2, 0.25) is 5.58 Å².